The van der Waals surface area contributed by atoms with Gasteiger partial charge in [-0.3, -0.25) is 9.88 Å². The van der Waals surface area contributed by atoms with Gasteiger partial charge in [-0.05, 0) is 75.4 Å². The molecule has 0 unspecified atom stereocenters. The Balaban J connectivity index is 1.13. The molecule has 8 nitrogen and oxygen atoms in total. The van der Waals surface area contributed by atoms with Gasteiger partial charge >= 0.3 is 6.09 Å². The molecule has 1 aliphatic carbocycles. The molecule has 2 fully saturated rings. The zero-order valence-corrected chi connectivity index (χ0v) is 23.9. The van der Waals surface area contributed by atoms with E-state index in [4.69, 9.17) is 14.7 Å². The highest BCUT2D eigenvalue weighted by Gasteiger charge is 2.35. The molecule has 0 radical (unpaired) electrons. The van der Waals surface area contributed by atoms with Crippen molar-refractivity contribution in [3.05, 3.63) is 66.5 Å². The molecule has 2 aliphatic rings. The first-order valence-electron chi connectivity index (χ1n) is 14.8. The fraction of sp³-hybridized carbons (Fsp3) is 0.394. The maximum Gasteiger partial charge on any atom is 0.410 e. The van der Waals surface area contributed by atoms with Crippen LogP contribution in [0, 0.1) is 0 Å². The molecule has 0 spiro atoms. The Bertz CT molecular complexity index is 1740. The summed E-state index contributed by atoms with van der Waals surface area (Å²) < 4.78 is 5.64. The molecule has 41 heavy (non-hydrogen) atoms. The van der Waals surface area contributed by atoms with Crippen LogP contribution in [0.25, 0.3) is 44.3 Å². The van der Waals surface area contributed by atoms with Crippen molar-refractivity contribution >= 4 is 27.9 Å². The van der Waals surface area contributed by atoms with Crippen LogP contribution in [0.15, 0.2) is 54.9 Å². The van der Waals surface area contributed by atoms with E-state index in [1.165, 1.54) is 31.1 Å². The van der Waals surface area contributed by atoms with E-state index in [-0.39, 0.29) is 12.1 Å². The molecule has 0 bridgehead atoms. The summed E-state index contributed by atoms with van der Waals surface area (Å²) in [7, 11) is 0. The van der Waals surface area contributed by atoms with Crippen molar-refractivity contribution in [3.63, 3.8) is 0 Å². The lowest BCUT2D eigenvalue weighted by Gasteiger charge is -2.27. The minimum absolute atomic E-state index is 0.125. The van der Waals surface area contributed by atoms with E-state index in [0.29, 0.717) is 12.5 Å². The van der Waals surface area contributed by atoms with E-state index in [2.05, 4.69) is 51.4 Å². The van der Waals surface area contributed by atoms with E-state index in [1.54, 1.807) is 4.90 Å². The zero-order chi connectivity index (χ0) is 28.1. The lowest BCUT2D eigenvalue weighted by molar-refractivity contribution is 0.0219. The second-order valence-corrected chi connectivity index (χ2v) is 12.5. The number of hydrogen-bond acceptors (Lipinski definition) is 5. The molecule has 2 N–H and O–H groups in total. The topological polar surface area (TPSA) is 99.8 Å². The fourth-order valence-corrected chi connectivity index (χ4v) is 6.30. The van der Waals surface area contributed by atoms with Gasteiger partial charge in [-0.15, -0.1) is 0 Å². The highest BCUT2D eigenvalue weighted by Crippen LogP contribution is 2.35. The highest BCUT2D eigenvalue weighted by molar-refractivity contribution is 5.91. The number of pyridine rings is 1. The van der Waals surface area contributed by atoms with Crippen molar-refractivity contribution < 1.29 is 9.53 Å². The summed E-state index contributed by atoms with van der Waals surface area (Å²) >= 11 is 0. The number of rotatable bonds is 4. The number of hydrogen-bond donors (Lipinski definition) is 2. The number of imidazole rings is 2. The molecule has 1 aliphatic heterocycles. The molecule has 8 heteroatoms. The molecule has 2 aromatic carbocycles. The van der Waals surface area contributed by atoms with Crippen LogP contribution in [0.5, 0.6) is 0 Å². The zero-order valence-electron chi connectivity index (χ0n) is 23.9. The summed E-state index contributed by atoms with van der Waals surface area (Å²) in [4.78, 5) is 35.9. The van der Waals surface area contributed by atoms with Crippen molar-refractivity contribution in [2.45, 2.75) is 76.9 Å². The Morgan fingerprint density at radius 2 is 1.63 bits per heavy atom. The van der Waals surface area contributed by atoms with Crippen LogP contribution in [0.2, 0.25) is 0 Å². The third-order valence-corrected chi connectivity index (χ3v) is 8.37. The quantitative estimate of drug-likeness (QED) is 0.238. The van der Waals surface area contributed by atoms with Crippen molar-refractivity contribution in [2.24, 2.45) is 0 Å². The number of nitrogens with one attached hydrogen (secondary N) is 2. The average Bonchev–Trinajstić information content (AvgIpc) is 3.77. The Hall–Kier alpha value is -4.20. The van der Waals surface area contributed by atoms with E-state index in [0.717, 1.165) is 63.4 Å². The number of ether oxygens (including phenoxy) is 1. The Labute approximate surface area is 239 Å². The normalized spacial score (nSPS) is 18.1. The average molecular weight is 549 g/mol. The van der Waals surface area contributed by atoms with Gasteiger partial charge in [-0.1, -0.05) is 37.1 Å². The summed E-state index contributed by atoms with van der Waals surface area (Å²) in [5.74, 6) is 2.48. The molecule has 1 amide bonds. The van der Waals surface area contributed by atoms with E-state index < -0.39 is 5.60 Å². The third-order valence-electron chi connectivity index (χ3n) is 8.37. The van der Waals surface area contributed by atoms with Crippen molar-refractivity contribution in [2.75, 3.05) is 6.54 Å². The summed E-state index contributed by atoms with van der Waals surface area (Å²) in [6.45, 7) is 6.34. The Morgan fingerprint density at radius 1 is 0.878 bits per heavy atom. The number of benzene rings is 2. The summed E-state index contributed by atoms with van der Waals surface area (Å²) in [5.41, 5.74) is 5.31. The Kier molecular flexibility index (Phi) is 6.29. The first-order valence-corrected chi connectivity index (χ1v) is 14.8. The second-order valence-electron chi connectivity index (χ2n) is 12.5. The number of nitrogens with zero attached hydrogens (tertiary/aromatic N) is 4. The maximum absolute atomic E-state index is 12.8. The number of aromatic nitrogens is 5. The van der Waals surface area contributed by atoms with Crippen LogP contribution in [0.3, 0.4) is 0 Å². The van der Waals surface area contributed by atoms with Gasteiger partial charge < -0.3 is 14.7 Å². The minimum Gasteiger partial charge on any atom is -0.444 e. The predicted molar refractivity (Wildman–Crippen MR) is 161 cm³/mol. The first-order chi connectivity index (χ1) is 19.8. The second kappa shape index (κ2) is 10.0. The molecule has 5 aromatic rings. The van der Waals surface area contributed by atoms with Gasteiger partial charge in [-0.2, -0.15) is 0 Å². The lowest BCUT2D eigenvalue weighted by atomic mass is 10.0. The minimum atomic E-state index is -0.532. The summed E-state index contributed by atoms with van der Waals surface area (Å²) in [6, 6.07) is 14.9. The molecule has 1 saturated carbocycles. The summed E-state index contributed by atoms with van der Waals surface area (Å²) in [5, 5.41) is 2.33. The SMILES string of the molecule is CC(C)(C)OC(=O)N1CCC[C@H]1c1nc2cc(-c3ccc4cc(-c5cnc(C6CCCC6)[nH]5)ccc4c3)ncc2[nH]1. The van der Waals surface area contributed by atoms with Gasteiger partial charge in [0.15, 0.2) is 0 Å². The van der Waals surface area contributed by atoms with Gasteiger partial charge in [0.2, 0.25) is 0 Å². The molecular weight excluding hydrogens is 512 g/mol. The lowest BCUT2D eigenvalue weighted by Crippen LogP contribution is -2.36. The Morgan fingerprint density at radius 3 is 2.41 bits per heavy atom. The molecule has 1 saturated heterocycles. The number of carbonyl (C=O) groups is 1. The van der Waals surface area contributed by atoms with Crippen LogP contribution in [0.4, 0.5) is 4.79 Å². The fourth-order valence-electron chi connectivity index (χ4n) is 6.30. The highest BCUT2D eigenvalue weighted by atomic mass is 16.6. The number of H-pyrrole nitrogens is 2. The van der Waals surface area contributed by atoms with Crippen LogP contribution in [-0.2, 0) is 4.74 Å². The molecule has 210 valence electrons. The van der Waals surface area contributed by atoms with E-state index in [1.807, 2.05) is 39.2 Å². The number of amides is 1. The molecule has 3 aromatic heterocycles. The number of carbonyl (C=O) groups excluding carboxylic acids is 1. The van der Waals surface area contributed by atoms with Gasteiger partial charge in [0.25, 0.3) is 0 Å². The van der Waals surface area contributed by atoms with Crippen LogP contribution in [0.1, 0.15) is 82.9 Å². The van der Waals surface area contributed by atoms with E-state index >= 15 is 0 Å². The predicted octanol–water partition coefficient (Wildman–Crippen LogP) is 7.90. The standard InChI is InChI=1S/C33H36N6O2/c1-33(2,3)41-32(40)39-14-6-9-29(39)31-36-26-17-25(34-19-28(26)38-31)23-12-10-22-16-24(13-11-21(22)15-23)27-18-35-30(37-27)20-7-4-5-8-20/h10-13,15-20,29H,4-9,14H2,1-3H3,(H,35,37)(H,36,38)/t29-/m0/s1. The molecular formula is C33H36N6O2. The van der Waals surface area contributed by atoms with Gasteiger partial charge in [0.05, 0.1) is 40.9 Å². The van der Waals surface area contributed by atoms with Crippen LogP contribution >= 0.6 is 0 Å². The van der Waals surface area contributed by atoms with Gasteiger partial charge in [-0.25, -0.2) is 14.8 Å². The number of likely N-dealkylation sites (tertiary alicyclic amines) is 1. The van der Waals surface area contributed by atoms with Crippen molar-refractivity contribution in [1.29, 1.82) is 0 Å². The number of fused-ring (bicyclic) bond motifs is 2. The number of aromatic amines is 2. The maximum atomic E-state index is 12.8. The molecule has 4 heterocycles. The largest absolute Gasteiger partial charge is 0.444 e. The van der Waals surface area contributed by atoms with Gasteiger partial charge in [0, 0.05) is 23.6 Å². The smallest absolute Gasteiger partial charge is 0.410 e. The van der Waals surface area contributed by atoms with E-state index in [9.17, 15) is 4.79 Å². The van der Waals surface area contributed by atoms with Crippen molar-refractivity contribution in [3.8, 4) is 22.5 Å². The van der Waals surface area contributed by atoms with Crippen LogP contribution in [-0.4, -0.2) is 48.1 Å². The van der Waals surface area contributed by atoms with Crippen LogP contribution < -0.4 is 0 Å². The third kappa shape index (κ3) is 5.07. The molecule has 1 atom stereocenters. The monoisotopic (exact) mass is 548 g/mol. The van der Waals surface area contributed by atoms with Gasteiger partial charge in [0.1, 0.15) is 17.2 Å². The first kappa shape index (κ1) is 25.7. The van der Waals surface area contributed by atoms with Crippen molar-refractivity contribution in [1.82, 2.24) is 29.8 Å². The molecule has 7 rings (SSSR count). The summed E-state index contributed by atoms with van der Waals surface area (Å²) in [6.07, 6.45) is 10.4.